The maximum absolute atomic E-state index is 12.3. The Kier molecular flexibility index (Phi) is 11.8. The third-order valence-electron chi connectivity index (χ3n) is 4.48. The van der Waals surface area contributed by atoms with Crippen molar-refractivity contribution < 1.29 is 33.4 Å². The number of ether oxygens (including phenoxy) is 3. The molecule has 2 unspecified atom stereocenters. The molecule has 10 heteroatoms. The van der Waals surface area contributed by atoms with Gasteiger partial charge in [0.05, 0.1) is 19.3 Å². The molecule has 0 aromatic heterocycles. The average molecular weight is 452 g/mol. The van der Waals surface area contributed by atoms with E-state index in [1.165, 1.54) is 0 Å². The highest BCUT2D eigenvalue weighted by Gasteiger charge is 2.32. The second kappa shape index (κ2) is 14.0. The zero-order chi connectivity index (χ0) is 24.1. The van der Waals surface area contributed by atoms with Crippen LogP contribution in [-0.2, 0) is 35.1 Å². The van der Waals surface area contributed by atoms with E-state index in [-0.39, 0.29) is 25.4 Å². The van der Waals surface area contributed by atoms with Crippen molar-refractivity contribution in [2.24, 2.45) is 11.5 Å². The number of benzene rings is 1. The topological polar surface area (TPSA) is 160 Å². The van der Waals surface area contributed by atoms with Crippen LogP contribution < -0.4 is 21.5 Å². The van der Waals surface area contributed by atoms with Crippen LogP contribution in [0.5, 0.6) is 5.75 Å². The van der Waals surface area contributed by atoms with Gasteiger partial charge in [0.25, 0.3) is 6.10 Å². The van der Waals surface area contributed by atoms with Gasteiger partial charge in [0.2, 0.25) is 11.8 Å². The quantitative estimate of drug-likeness (QED) is 0.274. The number of hydrogen-bond acceptors (Lipinski definition) is 8. The zero-order valence-electron chi connectivity index (χ0n) is 18.8. The van der Waals surface area contributed by atoms with E-state index < -0.39 is 41.9 Å². The van der Waals surface area contributed by atoms with E-state index in [2.05, 4.69) is 5.32 Å². The fourth-order valence-corrected chi connectivity index (χ4v) is 2.79. The van der Waals surface area contributed by atoms with E-state index in [1.54, 1.807) is 38.1 Å². The molecule has 2 atom stereocenters. The maximum atomic E-state index is 12.3. The Hall–Kier alpha value is -3.14. The minimum absolute atomic E-state index is 0.0893. The van der Waals surface area contributed by atoms with Gasteiger partial charge in [-0.25, -0.2) is 9.59 Å². The molecule has 0 fully saturated rings. The maximum Gasteiger partial charge on any atom is 0.359 e. The van der Waals surface area contributed by atoms with Gasteiger partial charge >= 0.3 is 11.9 Å². The summed E-state index contributed by atoms with van der Waals surface area (Å²) in [6.45, 7) is 5.38. The molecule has 0 heterocycles. The molecule has 0 aliphatic carbocycles. The van der Waals surface area contributed by atoms with Gasteiger partial charge in [0, 0.05) is 0 Å². The van der Waals surface area contributed by atoms with Crippen molar-refractivity contribution in [1.82, 2.24) is 5.32 Å². The van der Waals surface area contributed by atoms with Crippen LogP contribution >= 0.6 is 0 Å². The minimum atomic E-state index is -1.54. The molecule has 0 saturated carbocycles. The lowest BCUT2D eigenvalue weighted by Gasteiger charge is -2.19. The first-order valence-electron chi connectivity index (χ1n) is 10.7. The van der Waals surface area contributed by atoms with Gasteiger partial charge in [-0.1, -0.05) is 31.9 Å². The first-order chi connectivity index (χ1) is 15.2. The van der Waals surface area contributed by atoms with Crippen LogP contribution in [0.25, 0.3) is 0 Å². The monoisotopic (exact) mass is 451 g/mol. The largest absolute Gasteiger partial charge is 0.467 e. The SMILES string of the molecule is CCCCC(NC(=O)C(N)Cc1ccc(OC(C(=O)OCC)C(=O)OCC)cc1)C(N)=O. The first-order valence-corrected chi connectivity index (χ1v) is 10.7. The molecule has 10 nitrogen and oxygen atoms in total. The fraction of sp³-hybridized carbons (Fsp3) is 0.545. The third kappa shape index (κ3) is 8.93. The third-order valence-corrected chi connectivity index (χ3v) is 4.48. The fourth-order valence-electron chi connectivity index (χ4n) is 2.79. The van der Waals surface area contributed by atoms with Crippen molar-refractivity contribution in [3.05, 3.63) is 29.8 Å². The van der Waals surface area contributed by atoms with Crippen molar-refractivity contribution >= 4 is 23.8 Å². The molecule has 1 rings (SSSR count). The molecule has 5 N–H and O–H groups in total. The summed E-state index contributed by atoms with van der Waals surface area (Å²) < 4.78 is 15.2. The second-order valence-corrected chi connectivity index (χ2v) is 7.06. The van der Waals surface area contributed by atoms with Gasteiger partial charge in [-0.3, -0.25) is 9.59 Å². The van der Waals surface area contributed by atoms with Gasteiger partial charge in [-0.05, 0) is 44.4 Å². The van der Waals surface area contributed by atoms with Crippen LogP contribution in [0.1, 0.15) is 45.6 Å². The lowest BCUT2D eigenvalue weighted by Crippen LogP contribution is -2.51. The van der Waals surface area contributed by atoms with Gasteiger partial charge in [0.15, 0.2) is 0 Å². The molecule has 32 heavy (non-hydrogen) atoms. The normalized spacial score (nSPS) is 12.5. The van der Waals surface area contributed by atoms with Gasteiger partial charge in [-0.2, -0.15) is 0 Å². The molecule has 0 aliphatic heterocycles. The van der Waals surface area contributed by atoms with Crippen molar-refractivity contribution in [3.63, 3.8) is 0 Å². The van der Waals surface area contributed by atoms with Crippen molar-refractivity contribution in [2.75, 3.05) is 13.2 Å². The molecule has 178 valence electrons. The highest BCUT2D eigenvalue weighted by Crippen LogP contribution is 2.16. The Balaban J connectivity index is 2.75. The summed E-state index contributed by atoms with van der Waals surface area (Å²) in [7, 11) is 0. The minimum Gasteiger partial charge on any atom is -0.467 e. The number of hydrogen-bond donors (Lipinski definition) is 3. The van der Waals surface area contributed by atoms with Crippen LogP contribution in [0, 0.1) is 0 Å². The number of amides is 2. The summed E-state index contributed by atoms with van der Waals surface area (Å²) in [5.74, 6) is -2.53. The lowest BCUT2D eigenvalue weighted by molar-refractivity contribution is -0.166. The van der Waals surface area contributed by atoms with Crippen LogP contribution in [-0.4, -0.2) is 55.2 Å². The van der Waals surface area contributed by atoms with E-state index >= 15 is 0 Å². The Morgan fingerprint density at radius 3 is 2.00 bits per heavy atom. The number of esters is 2. The number of rotatable bonds is 14. The number of unbranched alkanes of at least 4 members (excludes halogenated alkanes) is 1. The summed E-state index contributed by atoms with van der Waals surface area (Å²) in [6, 6.07) is 4.73. The highest BCUT2D eigenvalue weighted by atomic mass is 16.6. The number of nitrogens with one attached hydrogen (secondary N) is 1. The molecular formula is C22H33N3O7. The number of primary amides is 1. The first kappa shape index (κ1) is 26.9. The number of nitrogens with two attached hydrogens (primary N) is 2. The van der Waals surface area contributed by atoms with Crippen molar-refractivity contribution in [1.29, 1.82) is 0 Å². The van der Waals surface area contributed by atoms with E-state index in [9.17, 15) is 19.2 Å². The Morgan fingerprint density at radius 2 is 1.53 bits per heavy atom. The number of carbonyl (C=O) groups is 4. The summed E-state index contributed by atoms with van der Waals surface area (Å²) >= 11 is 0. The summed E-state index contributed by atoms with van der Waals surface area (Å²) in [5, 5.41) is 2.59. The van der Waals surface area contributed by atoms with E-state index in [0.717, 1.165) is 12.8 Å². The zero-order valence-corrected chi connectivity index (χ0v) is 18.8. The van der Waals surface area contributed by atoms with Crippen LogP contribution in [0.2, 0.25) is 0 Å². The van der Waals surface area contributed by atoms with Gasteiger partial charge < -0.3 is 31.0 Å². The molecule has 0 spiro atoms. The molecule has 0 bridgehead atoms. The van der Waals surface area contributed by atoms with Crippen molar-refractivity contribution in [2.45, 2.75) is 64.6 Å². The van der Waals surface area contributed by atoms with Crippen LogP contribution in [0.4, 0.5) is 0 Å². The summed E-state index contributed by atoms with van der Waals surface area (Å²) in [4.78, 5) is 47.9. The molecular weight excluding hydrogens is 418 g/mol. The molecule has 2 amide bonds. The molecule has 1 aromatic carbocycles. The Labute approximate surface area is 187 Å². The Morgan fingerprint density at radius 1 is 0.969 bits per heavy atom. The lowest BCUT2D eigenvalue weighted by atomic mass is 10.0. The highest BCUT2D eigenvalue weighted by molar-refractivity contribution is 5.98. The standard InChI is InChI=1S/C22H33N3O7/c1-4-7-8-17(19(24)26)25-20(27)16(23)13-14-9-11-15(12-10-14)32-18(21(28)30-5-2)22(29)31-6-3/h9-12,16-18H,4-8,13,23H2,1-3H3,(H2,24,26)(H,25,27). The predicted octanol–water partition coefficient (Wildman–Crippen LogP) is 0.590. The second-order valence-electron chi connectivity index (χ2n) is 7.06. The molecule has 0 saturated heterocycles. The summed E-state index contributed by atoms with van der Waals surface area (Å²) in [5.41, 5.74) is 12.0. The molecule has 0 radical (unpaired) electrons. The molecule has 1 aromatic rings. The van der Waals surface area contributed by atoms with E-state index in [0.29, 0.717) is 12.0 Å². The van der Waals surface area contributed by atoms with Gasteiger partial charge in [0.1, 0.15) is 11.8 Å². The average Bonchev–Trinajstić information content (AvgIpc) is 2.75. The smallest absolute Gasteiger partial charge is 0.359 e. The van der Waals surface area contributed by atoms with Crippen LogP contribution in [0.3, 0.4) is 0 Å². The van der Waals surface area contributed by atoms with E-state index in [4.69, 9.17) is 25.7 Å². The van der Waals surface area contributed by atoms with Crippen molar-refractivity contribution in [3.8, 4) is 5.75 Å². The Bertz CT molecular complexity index is 749. The summed E-state index contributed by atoms with van der Waals surface area (Å²) in [6.07, 6.45) is 0.738. The number of carbonyl (C=O) groups excluding carboxylic acids is 4. The van der Waals surface area contributed by atoms with Gasteiger partial charge in [-0.15, -0.1) is 0 Å². The predicted molar refractivity (Wildman–Crippen MR) is 116 cm³/mol. The molecule has 0 aliphatic rings. The van der Waals surface area contributed by atoms with E-state index in [1.807, 2.05) is 6.92 Å². The van der Waals surface area contributed by atoms with Crippen LogP contribution in [0.15, 0.2) is 24.3 Å².